The second kappa shape index (κ2) is 6.52. The summed E-state index contributed by atoms with van der Waals surface area (Å²) < 4.78 is 0. The molecule has 0 bridgehead atoms. The predicted octanol–water partition coefficient (Wildman–Crippen LogP) is 2.82. The molecule has 2 aliphatic rings. The topological polar surface area (TPSA) is 54.0 Å². The molecule has 4 rings (SSSR count). The molecule has 126 valence electrons. The predicted molar refractivity (Wildman–Crippen MR) is 95.8 cm³/mol. The molecule has 2 N–H and O–H groups in total. The monoisotopic (exact) mass is 323 g/mol. The van der Waals surface area contributed by atoms with Gasteiger partial charge in [0, 0.05) is 24.2 Å². The third-order valence-electron chi connectivity index (χ3n) is 5.81. The first kappa shape index (κ1) is 15.6. The third-order valence-corrected chi connectivity index (χ3v) is 5.81. The first-order valence-electron chi connectivity index (χ1n) is 9.13. The zero-order chi connectivity index (χ0) is 16.4. The minimum Gasteiger partial charge on any atom is -0.355 e. The fraction of sp³-hybridized carbons (Fsp3) is 0.500. The summed E-state index contributed by atoms with van der Waals surface area (Å²) in [4.78, 5) is 17.2. The summed E-state index contributed by atoms with van der Waals surface area (Å²) in [5, 5.41) is 7.92. The smallest absolute Gasteiger partial charge is 0.227 e. The van der Waals surface area contributed by atoms with Gasteiger partial charge in [0.05, 0.1) is 10.9 Å². The highest BCUT2D eigenvalue weighted by Crippen LogP contribution is 2.42. The van der Waals surface area contributed by atoms with Crippen LogP contribution in [0.25, 0.3) is 10.9 Å². The van der Waals surface area contributed by atoms with Crippen molar-refractivity contribution < 1.29 is 4.79 Å². The van der Waals surface area contributed by atoms with Gasteiger partial charge in [-0.2, -0.15) is 0 Å². The van der Waals surface area contributed by atoms with Crippen LogP contribution in [0, 0.1) is 5.41 Å². The maximum atomic E-state index is 12.8. The first-order chi connectivity index (χ1) is 11.8. The molecule has 1 aliphatic heterocycles. The Morgan fingerprint density at radius 3 is 3.21 bits per heavy atom. The molecular formula is C20H25N3O. The van der Waals surface area contributed by atoms with E-state index < -0.39 is 0 Å². The Morgan fingerprint density at radius 1 is 1.29 bits per heavy atom. The minimum atomic E-state index is -0.147. The Labute approximate surface area is 143 Å². The Morgan fingerprint density at radius 2 is 2.25 bits per heavy atom. The normalized spacial score (nSPS) is 26.2. The van der Waals surface area contributed by atoms with Crippen molar-refractivity contribution in [2.75, 3.05) is 13.1 Å². The van der Waals surface area contributed by atoms with E-state index in [1.54, 1.807) is 0 Å². The zero-order valence-electron chi connectivity index (χ0n) is 14.1. The van der Waals surface area contributed by atoms with Gasteiger partial charge in [-0.3, -0.25) is 9.78 Å². The highest BCUT2D eigenvalue weighted by atomic mass is 16.2. The number of benzene rings is 1. The zero-order valence-corrected chi connectivity index (χ0v) is 14.1. The minimum absolute atomic E-state index is 0.147. The molecule has 1 aromatic carbocycles. The number of carbonyl (C=O) groups is 1. The molecule has 1 saturated carbocycles. The van der Waals surface area contributed by atoms with Crippen molar-refractivity contribution in [3.05, 3.63) is 42.1 Å². The standard InChI is InChI=1S/C20H25N3O/c24-19(20-9-2-1-5-18(20)22-13-10-20)23-12-8-15-6-7-17-16(14-15)4-3-11-21-17/h3-4,6-7,11,14,18,22H,1-2,5,8-10,12-13H2,(H,23,24)/t18-,20+/m0/s1. The van der Waals surface area contributed by atoms with Crippen LogP contribution in [0.3, 0.4) is 0 Å². The van der Waals surface area contributed by atoms with Crippen LogP contribution in [0.2, 0.25) is 0 Å². The summed E-state index contributed by atoms with van der Waals surface area (Å²) in [5.74, 6) is 0.264. The molecule has 4 nitrogen and oxygen atoms in total. The van der Waals surface area contributed by atoms with Crippen LogP contribution in [0.15, 0.2) is 36.5 Å². The average Bonchev–Trinajstić information content (AvgIpc) is 3.07. The van der Waals surface area contributed by atoms with E-state index in [1.807, 2.05) is 12.3 Å². The number of pyridine rings is 1. The number of nitrogens with one attached hydrogen (secondary N) is 2. The summed E-state index contributed by atoms with van der Waals surface area (Å²) in [7, 11) is 0. The number of aromatic nitrogens is 1. The van der Waals surface area contributed by atoms with E-state index in [0.717, 1.165) is 43.1 Å². The number of hydrogen-bond acceptors (Lipinski definition) is 3. The number of amides is 1. The molecule has 24 heavy (non-hydrogen) atoms. The Bertz CT molecular complexity index is 744. The first-order valence-corrected chi connectivity index (χ1v) is 9.13. The summed E-state index contributed by atoms with van der Waals surface area (Å²) >= 11 is 0. The Hall–Kier alpha value is -1.94. The van der Waals surface area contributed by atoms with E-state index in [0.29, 0.717) is 12.6 Å². The number of fused-ring (bicyclic) bond motifs is 2. The van der Waals surface area contributed by atoms with Crippen molar-refractivity contribution in [1.29, 1.82) is 0 Å². The maximum absolute atomic E-state index is 12.8. The van der Waals surface area contributed by atoms with Gasteiger partial charge in [-0.1, -0.05) is 25.0 Å². The van der Waals surface area contributed by atoms with E-state index in [1.165, 1.54) is 18.4 Å². The second-order valence-corrected chi connectivity index (χ2v) is 7.19. The van der Waals surface area contributed by atoms with Crippen molar-refractivity contribution in [3.8, 4) is 0 Å². The van der Waals surface area contributed by atoms with Crippen LogP contribution in [0.4, 0.5) is 0 Å². The highest BCUT2D eigenvalue weighted by molar-refractivity contribution is 5.84. The van der Waals surface area contributed by atoms with Gasteiger partial charge in [0.25, 0.3) is 0 Å². The van der Waals surface area contributed by atoms with E-state index in [9.17, 15) is 4.79 Å². The van der Waals surface area contributed by atoms with Gasteiger partial charge < -0.3 is 10.6 Å². The van der Waals surface area contributed by atoms with E-state index in [-0.39, 0.29) is 11.3 Å². The number of nitrogens with zero attached hydrogens (tertiary/aromatic N) is 1. The largest absolute Gasteiger partial charge is 0.355 e. The SMILES string of the molecule is O=C(NCCc1ccc2ncccc2c1)[C@@]12CCCC[C@@H]1NCC2. The molecule has 2 heterocycles. The van der Waals surface area contributed by atoms with Gasteiger partial charge in [0.2, 0.25) is 5.91 Å². The van der Waals surface area contributed by atoms with Gasteiger partial charge >= 0.3 is 0 Å². The summed E-state index contributed by atoms with van der Waals surface area (Å²) in [6.45, 7) is 1.69. The van der Waals surface area contributed by atoms with Crippen molar-refractivity contribution in [2.24, 2.45) is 5.41 Å². The van der Waals surface area contributed by atoms with E-state index in [2.05, 4.69) is 39.9 Å². The van der Waals surface area contributed by atoms with Gasteiger partial charge in [0.15, 0.2) is 0 Å². The molecule has 0 radical (unpaired) electrons. The lowest BCUT2D eigenvalue weighted by Gasteiger charge is -2.37. The van der Waals surface area contributed by atoms with Crippen molar-refractivity contribution in [2.45, 2.75) is 44.6 Å². The van der Waals surface area contributed by atoms with Crippen LogP contribution in [0.5, 0.6) is 0 Å². The molecule has 1 aliphatic carbocycles. The number of hydrogen-bond donors (Lipinski definition) is 2. The third kappa shape index (κ3) is 2.80. The molecule has 0 spiro atoms. The van der Waals surface area contributed by atoms with Crippen molar-refractivity contribution in [1.82, 2.24) is 15.6 Å². The van der Waals surface area contributed by atoms with Crippen molar-refractivity contribution in [3.63, 3.8) is 0 Å². The average molecular weight is 323 g/mol. The molecular weight excluding hydrogens is 298 g/mol. The molecule has 1 amide bonds. The molecule has 0 unspecified atom stereocenters. The lowest BCUT2D eigenvalue weighted by Crippen LogP contribution is -2.50. The molecule has 2 fully saturated rings. The second-order valence-electron chi connectivity index (χ2n) is 7.19. The molecule has 2 atom stereocenters. The Kier molecular flexibility index (Phi) is 4.23. The van der Waals surface area contributed by atoms with E-state index >= 15 is 0 Å². The molecule has 1 aromatic heterocycles. The van der Waals surface area contributed by atoms with Gasteiger partial charge in [-0.05, 0) is 56.0 Å². The lowest BCUT2D eigenvalue weighted by molar-refractivity contribution is -0.133. The fourth-order valence-electron chi connectivity index (χ4n) is 4.47. The quantitative estimate of drug-likeness (QED) is 0.910. The highest BCUT2D eigenvalue weighted by Gasteiger charge is 2.49. The number of carbonyl (C=O) groups excluding carboxylic acids is 1. The van der Waals surface area contributed by atoms with E-state index in [4.69, 9.17) is 0 Å². The van der Waals surface area contributed by atoms with Crippen LogP contribution < -0.4 is 10.6 Å². The Balaban J connectivity index is 1.38. The molecule has 1 saturated heterocycles. The summed E-state index contributed by atoms with van der Waals surface area (Å²) in [6.07, 6.45) is 8.29. The van der Waals surface area contributed by atoms with Crippen LogP contribution in [-0.4, -0.2) is 30.0 Å². The van der Waals surface area contributed by atoms with Gasteiger partial charge in [-0.15, -0.1) is 0 Å². The molecule has 4 heteroatoms. The van der Waals surface area contributed by atoms with Crippen LogP contribution in [-0.2, 0) is 11.2 Å². The lowest BCUT2D eigenvalue weighted by atomic mass is 9.70. The molecule has 2 aromatic rings. The maximum Gasteiger partial charge on any atom is 0.227 e. The fourth-order valence-corrected chi connectivity index (χ4v) is 4.47. The summed E-state index contributed by atoms with van der Waals surface area (Å²) in [6, 6.07) is 10.8. The number of rotatable bonds is 4. The summed E-state index contributed by atoms with van der Waals surface area (Å²) in [5.41, 5.74) is 2.12. The van der Waals surface area contributed by atoms with Gasteiger partial charge in [0.1, 0.15) is 0 Å². The van der Waals surface area contributed by atoms with Crippen LogP contribution in [0.1, 0.15) is 37.7 Å². The van der Waals surface area contributed by atoms with Crippen LogP contribution >= 0.6 is 0 Å². The van der Waals surface area contributed by atoms with Gasteiger partial charge in [-0.25, -0.2) is 0 Å². The van der Waals surface area contributed by atoms with Crippen molar-refractivity contribution >= 4 is 16.8 Å².